The van der Waals surface area contributed by atoms with E-state index < -0.39 is 12.3 Å². The summed E-state index contributed by atoms with van der Waals surface area (Å²) in [7, 11) is 2.46. The zero-order valence-electron chi connectivity index (χ0n) is 6.13. The van der Waals surface area contributed by atoms with Gasteiger partial charge < -0.3 is 5.11 Å². The summed E-state index contributed by atoms with van der Waals surface area (Å²) in [5.74, 6) is 0.462. The Balaban J connectivity index is 2.49. The maximum absolute atomic E-state index is 12.9. The fourth-order valence-electron chi connectivity index (χ4n) is 1.52. The van der Waals surface area contributed by atoms with E-state index in [2.05, 4.69) is 9.24 Å². The quantitative estimate of drug-likeness (QED) is 0.536. The van der Waals surface area contributed by atoms with Crippen LogP contribution in [-0.2, 0) is 0 Å². The Hall–Kier alpha value is 0.320. The van der Waals surface area contributed by atoms with Crippen molar-refractivity contribution in [2.45, 2.75) is 37.7 Å². The van der Waals surface area contributed by atoms with E-state index in [1.165, 1.54) is 0 Å². The molecule has 1 N–H and O–H groups in total. The zero-order valence-corrected chi connectivity index (χ0v) is 7.28. The van der Waals surface area contributed by atoms with Crippen LogP contribution in [-0.4, -0.2) is 23.0 Å². The van der Waals surface area contributed by atoms with Crippen molar-refractivity contribution in [1.82, 2.24) is 0 Å². The molecule has 1 aliphatic rings. The van der Waals surface area contributed by atoms with Crippen LogP contribution in [0.5, 0.6) is 0 Å². The lowest BCUT2D eigenvalue weighted by molar-refractivity contribution is 0.0302. The third-order valence-corrected chi connectivity index (χ3v) is 2.73. The summed E-state index contributed by atoms with van der Waals surface area (Å²) in [6, 6.07) is 0. The highest BCUT2D eigenvalue weighted by Gasteiger charge is 2.32. The molecule has 1 nitrogen and oxygen atoms in total. The van der Waals surface area contributed by atoms with Gasteiger partial charge in [-0.3, -0.25) is 0 Å². The van der Waals surface area contributed by atoms with Crippen molar-refractivity contribution in [1.29, 1.82) is 0 Å². The van der Waals surface area contributed by atoms with Crippen LogP contribution in [0.4, 0.5) is 4.39 Å². The van der Waals surface area contributed by atoms with Gasteiger partial charge in [0, 0.05) is 5.66 Å². The number of rotatable bonds is 0. The lowest BCUT2D eigenvalue weighted by Crippen LogP contribution is -2.37. The average molecular weight is 164 g/mol. The van der Waals surface area contributed by atoms with Gasteiger partial charge in [-0.25, -0.2) is 4.39 Å². The van der Waals surface area contributed by atoms with Gasteiger partial charge in [-0.15, -0.1) is 9.24 Å². The summed E-state index contributed by atoms with van der Waals surface area (Å²) in [6.07, 6.45) is -0.262. The van der Waals surface area contributed by atoms with E-state index in [0.717, 1.165) is 6.42 Å². The molecule has 10 heavy (non-hydrogen) atoms. The van der Waals surface area contributed by atoms with Crippen LogP contribution < -0.4 is 0 Å². The topological polar surface area (TPSA) is 20.2 Å². The first kappa shape index (κ1) is 8.42. The Kier molecular flexibility index (Phi) is 2.65. The van der Waals surface area contributed by atoms with Gasteiger partial charge in [0.2, 0.25) is 0 Å². The predicted octanol–water partition coefficient (Wildman–Crippen LogP) is 1.36. The van der Waals surface area contributed by atoms with Crippen LogP contribution in [0.25, 0.3) is 0 Å². The first-order chi connectivity index (χ1) is 4.61. The molecule has 5 atom stereocenters. The van der Waals surface area contributed by atoms with E-state index in [0.29, 0.717) is 12.3 Å². The molecular weight excluding hydrogens is 150 g/mol. The van der Waals surface area contributed by atoms with Crippen molar-refractivity contribution in [3.05, 3.63) is 0 Å². The number of alkyl halides is 1. The second-order valence-electron chi connectivity index (χ2n) is 3.25. The third kappa shape index (κ3) is 1.67. The van der Waals surface area contributed by atoms with Crippen molar-refractivity contribution in [3.8, 4) is 0 Å². The monoisotopic (exact) mass is 164 g/mol. The van der Waals surface area contributed by atoms with Crippen molar-refractivity contribution < 1.29 is 9.50 Å². The van der Waals surface area contributed by atoms with Gasteiger partial charge in [0.25, 0.3) is 0 Å². The van der Waals surface area contributed by atoms with Gasteiger partial charge in [0.05, 0.1) is 6.10 Å². The Labute approximate surface area is 63.2 Å². The van der Waals surface area contributed by atoms with E-state index in [9.17, 15) is 4.39 Å². The molecule has 1 aliphatic carbocycles. The standard InChI is InChI=1S/C7H14FOP/c1-4-2-5(9)7(8)6(10)3-4/h4-7,9H,2-3,10H2,1H3. The molecular formula is C7H14FOP. The molecule has 0 spiro atoms. The molecule has 0 radical (unpaired) electrons. The number of hydrogen-bond donors (Lipinski definition) is 1. The van der Waals surface area contributed by atoms with E-state index in [-0.39, 0.29) is 5.66 Å². The fraction of sp³-hybridized carbons (Fsp3) is 1.00. The lowest BCUT2D eigenvalue weighted by atomic mass is 9.87. The van der Waals surface area contributed by atoms with E-state index in [1.807, 2.05) is 6.92 Å². The van der Waals surface area contributed by atoms with Crippen molar-refractivity contribution in [2.24, 2.45) is 5.92 Å². The highest BCUT2D eigenvalue weighted by Crippen LogP contribution is 2.31. The van der Waals surface area contributed by atoms with Crippen LogP contribution in [0.2, 0.25) is 0 Å². The molecule has 1 fully saturated rings. The summed E-state index contributed by atoms with van der Waals surface area (Å²) in [5, 5.41) is 9.13. The molecule has 0 aliphatic heterocycles. The fourth-order valence-corrected chi connectivity index (χ4v) is 2.24. The molecule has 0 heterocycles. The Morgan fingerprint density at radius 1 is 1.50 bits per heavy atom. The molecule has 0 aromatic carbocycles. The van der Waals surface area contributed by atoms with E-state index >= 15 is 0 Å². The highest BCUT2D eigenvalue weighted by atomic mass is 31.0. The van der Waals surface area contributed by atoms with E-state index in [1.54, 1.807) is 0 Å². The molecule has 0 bridgehead atoms. The molecule has 0 amide bonds. The molecule has 0 aromatic heterocycles. The first-order valence-electron chi connectivity index (χ1n) is 3.69. The summed E-state index contributed by atoms with van der Waals surface area (Å²) in [6.45, 7) is 2.05. The van der Waals surface area contributed by atoms with Gasteiger partial charge in [-0.05, 0) is 18.8 Å². The molecule has 1 rings (SSSR count). The summed E-state index contributed by atoms with van der Waals surface area (Å²) < 4.78 is 12.9. The third-order valence-electron chi connectivity index (χ3n) is 2.09. The Morgan fingerprint density at radius 3 is 2.60 bits per heavy atom. The lowest BCUT2D eigenvalue weighted by Gasteiger charge is -2.31. The number of aliphatic hydroxyl groups excluding tert-OH is 1. The summed E-state index contributed by atoms with van der Waals surface area (Å²) in [4.78, 5) is 0. The average Bonchev–Trinajstić information content (AvgIpc) is 1.82. The maximum atomic E-state index is 12.9. The van der Waals surface area contributed by atoms with Crippen LogP contribution in [0.3, 0.4) is 0 Å². The second kappa shape index (κ2) is 3.15. The Bertz CT molecular complexity index is 108. The normalized spacial score (nSPS) is 49.2. The Morgan fingerprint density at radius 2 is 2.10 bits per heavy atom. The second-order valence-corrected chi connectivity index (χ2v) is 4.11. The summed E-state index contributed by atoms with van der Waals surface area (Å²) >= 11 is 0. The predicted molar refractivity (Wildman–Crippen MR) is 42.8 cm³/mol. The van der Waals surface area contributed by atoms with Gasteiger partial charge in [-0.1, -0.05) is 6.92 Å². The van der Waals surface area contributed by atoms with Gasteiger partial charge in [0.15, 0.2) is 0 Å². The number of hydrogen-bond acceptors (Lipinski definition) is 1. The largest absolute Gasteiger partial charge is 0.390 e. The molecule has 60 valence electrons. The first-order valence-corrected chi connectivity index (χ1v) is 4.35. The summed E-state index contributed by atoms with van der Waals surface area (Å²) in [5.41, 5.74) is -0.0428. The highest BCUT2D eigenvalue weighted by molar-refractivity contribution is 7.17. The smallest absolute Gasteiger partial charge is 0.132 e. The van der Waals surface area contributed by atoms with Crippen LogP contribution in [0.1, 0.15) is 19.8 Å². The van der Waals surface area contributed by atoms with Gasteiger partial charge >= 0.3 is 0 Å². The minimum Gasteiger partial charge on any atom is -0.390 e. The SMILES string of the molecule is CC1CC(O)C(F)C(P)C1. The number of aliphatic hydroxyl groups is 1. The molecule has 0 aromatic rings. The van der Waals surface area contributed by atoms with Gasteiger partial charge in [0.1, 0.15) is 6.17 Å². The number of halogens is 1. The van der Waals surface area contributed by atoms with Crippen LogP contribution in [0, 0.1) is 5.92 Å². The van der Waals surface area contributed by atoms with E-state index in [4.69, 9.17) is 5.11 Å². The van der Waals surface area contributed by atoms with Gasteiger partial charge in [-0.2, -0.15) is 0 Å². The molecule has 1 saturated carbocycles. The molecule has 3 heteroatoms. The minimum absolute atomic E-state index is 0.0428. The van der Waals surface area contributed by atoms with Crippen molar-refractivity contribution >= 4 is 9.24 Å². The maximum Gasteiger partial charge on any atom is 0.132 e. The van der Waals surface area contributed by atoms with Crippen molar-refractivity contribution in [3.63, 3.8) is 0 Å². The molecule has 0 saturated heterocycles. The van der Waals surface area contributed by atoms with Crippen LogP contribution >= 0.6 is 9.24 Å². The molecule has 5 unspecified atom stereocenters. The van der Waals surface area contributed by atoms with Crippen molar-refractivity contribution in [2.75, 3.05) is 0 Å². The van der Waals surface area contributed by atoms with Crippen LogP contribution in [0.15, 0.2) is 0 Å². The minimum atomic E-state index is -1.03. The zero-order chi connectivity index (χ0) is 7.72.